The van der Waals surface area contributed by atoms with Crippen LogP contribution in [0.4, 0.5) is 13.2 Å². The van der Waals surface area contributed by atoms with Gasteiger partial charge in [0.2, 0.25) is 5.91 Å². The summed E-state index contributed by atoms with van der Waals surface area (Å²) in [7, 11) is -4.08. The molecule has 106 valence electrons. The van der Waals surface area contributed by atoms with E-state index in [1.54, 1.807) is 4.83 Å². The maximum atomic E-state index is 12.3. The van der Waals surface area contributed by atoms with Crippen LogP contribution in [0.5, 0.6) is 0 Å². The Hall–Kier alpha value is -1.61. The predicted octanol–water partition coefficient (Wildman–Crippen LogP) is 1.42. The molecule has 0 saturated carbocycles. The van der Waals surface area contributed by atoms with Crippen LogP contribution in [0.2, 0.25) is 0 Å². The van der Waals surface area contributed by atoms with Crippen LogP contribution in [0.25, 0.3) is 0 Å². The van der Waals surface area contributed by atoms with Gasteiger partial charge >= 0.3 is 6.18 Å². The number of rotatable bonds is 4. The number of benzene rings is 1. The summed E-state index contributed by atoms with van der Waals surface area (Å²) in [6.07, 6.45) is -4.47. The second-order valence-electron chi connectivity index (χ2n) is 3.53. The van der Waals surface area contributed by atoms with Gasteiger partial charge in [-0.05, 0) is 24.3 Å². The van der Waals surface area contributed by atoms with E-state index in [1.807, 2.05) is 5.43 Å². The highest BCUT2D eigenvalue weighted by molar-refractivity contribution is 7.89. The lowest BCUT2D eigenvalue weighted by atomic mass is 10.2. The molecule has 0 aliphatic carbocycles. The van der Waals surface area contributed by atoms with Crippen molar-refractivity contribution in [2.24, 2.45) is 0 Å². The second kappa shape index (κ2) is 5.57. The van der Waals surface area contributed by atoms with E-state index in [0.717, 1.165) is 12.1 Å². The van der Waals surface area contributed by atoms with E-state index >= 15 is 0 Å². The summed E-state index contributed by atoms with van der Waals surface area (Å²) < 4.78 is 60.1. The molecule has 0 unspecified atom stereocenters. The number of hydrazine groups is 1. The fourth-order valence-corrected chi connectivity index (χ4v) is 1.95. The molecule has 0 atom stereocenters. The summed E-state index contributed by atoms with van der Waals surface area (Å²) >= 11 is 0. The van der Waals surface area contributed by atoms with Crippen LogP contribution in [0.1, 0.15) is 18.9 Å². The molecule has 0 fully saturated rings. The molecule has 9 heteroatoms. The fraction of sp³-hybridized carbons (Fsp3) is 0.300. The minimum absolute atomic E-state index is 0.0650. The molecule has 0 aromatic heterocycles. The Balaban J connectivity index is 2.88. The third-order valence-corrected chi connectivity index (χ3v) is 3.40. The third-order valence-electron chi connectivity index (χ3n) is 2.14. The molecular weight excluding hydrogens is 285 g/mol. The number of alkyl halides is 3. The van der Waals surface area contributed by atoms with E-state index in [1.165, 1.54) is 6.92 Å². The fourth-order valence-electron chi connectivity index (χ4n) is 1.09. The SMILES string of the molecule is CCC(=O)NNS(=O)(=O)c1ccc(C(F)(F)F)cc1. The van der Waals surface area contributed by atoms with Crippen molar-refractivity contribution in [1.29, 1.82) is 0 Å². The highest BCUT2D eigenvalue weighted by atomic mass is 32.2. The normalized spacial score (nSPS) is 12.2. The second-order valence-corrected chi connectivity index (χ2v) is 5.21. The van der Waals surface area contributed by atoms with Gasteiger partial charge in [-0.2, -0.15) is 13.2 Å². The molecule has 19 heavy (non-hydrogen) atoms. The van der Waals surface area contributed by atoms with Gasteiger partial charge in [0.25, 0.3) is 10.0 Å². The first-order valence-corrected chi connectivity index (χ1v) is 6.63. The van der Waals surface area contributed by atoms with E-state index in [2.05, 4.69) is 0 Å². The topological polar surface area (TPSA) is 75.3 Å². The first kappa shape index (κ1) is 15.4. The molecule has 2 N–H and O–H groups in total. The molecule has 1 rings (SSSR count). The Morgan fingerprint density at radius 1 is 1.21 bits per heavy atom. The zero-order valence-corrected chi connectivity index (χ0v) is 10.6. The molecular formula is C10H11F3N2O3S. The average molecular weight is 296 g/mol. The van der Waals surface area contributed by atoms with Crippen molar-refractivity contribution in [3.8, 4) is 0 Å². The zero-order valence-electron chi connectivity index (χ0n) is 9.78. The molecule has 0 saturated heterocycles. The maximum absolute atomic E-state index is 12.3. The quantitative estimate of drug-likeness (QED) is 0.825. The lowest BCUT2D eigenvalue weighted by Gasteiger charge is -2.09. The summed E-state index contributed by atoms with van der Waals surface area (Å²) in [6, 6.07) is 2.92. The Morgan fingerprint density at radius 2 is 1.74 bits per heavy atom. The number of amides is 1. The summed E-state index contributed by atoms with van der Waals surface area (Å²) in [4.78, 5) is 12.3. The third kappa shape index (κ3) is 4.21. The standard InChI is InChI=1S/C10H11F3N2O3S/c1-2-9(16)14-15-19(17,18)8-5-3-7(4-6-8)10(11,12)13/h3-6,15H,2H2,1H3,(H,14,16). The van der Waals surface area contributed by atoms with Crippen molar-refractivity contribution >= 4 is 15.9 Å². The van der Waals surface area contributed by atoms with E-state index < -0.39 is 27.7 Å². The van der Waals surface area contributed by atoms with E-state index in [9.17, 15) is 26.4 Å². The number of halogens is 3. The van der Waals surface area contributed by atoms with E-state index in [0.29, 0.717) is 12.1 Å². The molecule has 0 aliphatic heterocycles. The Labute approximate surface area is 107 Å². The molecule has 5 nitrogen and oxygen atoms in total. The van der Waals surface area contributed by atoms with Gasteiger partial charge in [0.1, 0.15) is 0 Å². The minimum Gasteiger partial charge on any atom is -0.278 e. The van der Waals surface area contributed by atoms with Crippen molar-refractivity contribution in [1.82, 2.24) is 10.3 Å². The van der Waals surface area contributed by atoms with Gasteiger partial charge in [0.05, 0.1) is 10.5 Å². The molecule has 0 aliphatic rings. The van der Waals surface area contributed by atoms with Crippen molar-refractivity contribution < 1.29 is 26.4 Å². The lowest BCUT2D eigenvalue weighted by molar-refractivity contribution is -0.137. The van der Waals surface area contributed by atoms with Gasteiger partial charge in [-0.1, -0.05) is 6.92 Å². The summed E-state index contributed by atoms with van der Waals surface area (Å²) in [5.41, 5.74) is 0.962. The molecule has 1 amide bonds. The predicted molar refractivity (Wildman–Crippen MR) is 60.2 cm³/mol. The molecule has 0 heterocycles. The van der Waals surface area contributed by atoms with Crippen LogP contribution in [-0.4, -0.2) is 14.3 Å². The number of carbonyl (C=O) groups excluding carboxylic acids is 1. The molecule has 0 bridgehead atoms. The Bertz CT molecular complexity index is 552. The molecule has 1 aromatic rings. The first-order valence-electron chi connectivity index (χ1n) is 5.14. The van der Waals surface area contributed by atoms with Crippen molar-refractivity contribution in [3.05, 3.63) is 29.8 Å². The molecule has 0 spiro atoms. The average Bonchev–Trinajstić information content (AvgIpc) is 2.35. The zero-order chi connectivity index (χ0) is 14.7. The number of hydrogen-bond donors (Lipinski definition) is 2. The summed E-state index contributed by atoms with van der Waals surface area (Å²) in [5.74, 6) is -0.560. The molecule has 0 radical (unpaired) electrons. The highest BCUT2D eigenvalue weighted by Gasteiger charge is 2.30. The lowest BCUT2D eigenvalue weighted by Crippen LogP contribution is -2.41. The first-order chi connectivity index (χ1) is 8.66. The minimum atomic E-state index is -4.54. The van der Waals surface area contributed by atoms with E-state index in [-0.39, 0.29) is 11.3 Å². The van der Waals surface area contributed by atoms with Crippen LogP contribution in [0.15, 0.2) is 29.2 Å². The van der Waals surface area contributed by atoms with Crippen LogP contribution in [0.3, 0.4) is 0 Å². The number of hydrogen-bond acceptors (Lipinski definition) is 3. The Kier molecular flexibility index (Phi) is 4.53. The van der Waals surface area contributed by atoms with E-state index in [4.69, 9.17) is 0 Å². The summed E-state index contributed by atoms with van der Waals surface area (Å²) in [5, 5.41) is 0. The van der Waals surface area contributed by atoms with Gasteiger partial charge in [-0.25, -0.2) is 8.42 Å². The van der Waals surface area contributed by atoms with Crippen LogP contribution < -0.4 is 10.3 Å². The van der Waals surface area contributed by atoms with Gasteiger partial charge in [0.15, 0.2) is 0 Å². The van der Waals surface area contributed by atoms with Gasteiger partial charge in [-0.3, -0.25) is 10.2 Å². The van der Waals surface area contributed by atoms with Gasteiger partial charge in [0, 0.05) is 6.42 Å². The van der Waals surface area contributed by atoms with Crippen LogP contribution in [0, 0.1) is 0 Å². The van der Waals surface area contributed by atoms with Gasteiger partial charge < -0.3 is 0 Å². The largest absolute Gasteiger partial charge is 0.416 e. The smallest absolute Gasteiger partial charge is 0.278 e. The van der Waals surface area contributed by atoms with Crippen LogP contribution in [-0.2, 0) is 21.0 Å². The van der Waals surface area contributed by atoms with Crippen LogP contribution >= 0.6 is 0 Å². The highest BCUT2D eigenvalue weighted by Crippen LogP contribution is 2.29. The Morgan fingerprint density at radius 3 is 2.16 bits per heavy atom. The monoisotopic (exact) mass is 296 g/mol. The maximum Gasteiger partial charge on any atom is 0.416 e. The summed E-state index contributed by atoms with van der Waals surface area (Å²) in [6.45, 7) is 1.52. The van der Waals surface area contributed by atoms with Crippen molar-refractivity contribution in [3.63, 3.8) is 0 Å². The van der Waals surface area contributed by atoms with Gasteiger partial charge in [-0.15, -0.1) is 4.83 Å². The number of nitrogens with one attached hydrogen (secondary N) is 2. The van der Waals surface area contributed by atoms with Crippen molar-refractivity contribution in [2.75, 3.05) is 0 Å². The number of carbonyl (C=O) groups is 1. The molecule has 1 aromatic carbocycles. The van der Waals surface area contributed by atoms with Crippen molar-refractivity contribution in [2.45, 2.75) is 24.4 Å². The number of sulfonamides is 1.